The molecule has 4 aromatic carbocycles. The van der Waals surface area contributed by atoms with E-state index in [0.29, 0.717) is 0 Å². The van der Waals surface area contributed by atoms with Crippen molar-refractivity contribution in [1.82, 2.24) is 5.32 Å². The maximum absolute atomic E-state index is 15.4. The highest BCUT2D eigenvalue weighted by Crippen LogP contribution is 2.58. The van der Waals surface area contributed by atoms with Gasteiger partial charge in [0.15, 0.2) is 28.7 Å². The second kappa shape index (κ2) is 16.4. The van der Waals surface area contributed by atoms with Crippen molar-refractivity contribution in [1.29, 1.82) is 0 Å². The van der Waals surface area contributed by atoms with Crippen LogP contribution in [0.1, 0.15) is 51.3 Å². The molecule has 0 bridgehead atoms. The Bertz CT molecular complexity index is 2260. The summed E-state index contributed by atoms with van der Waals surface area (Å²) in [4.78, 5) is 70.7. The van der Waals surface area contributed by atoms with Crippen LogP contribution in [0.15, 0.2) is 60.7 Å². The zero-order valence-corrected chi connectivity index (χ0v) is 29.9. The van der Waals surface area contributed by atoms with E-state index in [9.17, 15) is 39.4 Å². The summed E-state index contributed by atoms with van der Waals surface area (Å²) in [6.45, 7) is 2.76. The van der Waals surface area contributed by atoms with Crippen molar-refractivity contribution in [3.63, 3.8) is 0 Å². The lowest BCUT2D eigenvalue weighted by Crippen LogP contribution is -2.34. The van der Waals surface area contributed by atoms with Crippen LogP contribution in [0.5, 0.6) is 23.0 Å². The summed E-state index contributed by atoms with van der Waals surface area (Å²) in [5.41, 5.74) is -3.03. The van der Waals surface area contributed by atoms with Gasteiger partial charge in [0.25, 0.3) is 17.3 Å². The molecule has 0 unspecified atom stereocenters. The third kappa shape index (κ3) is 8.16. The minimum absolute atomic E-state index is 0.0243. The van der Waals surface area contributed by atoms with E-state index in [1.54, 1.807) is 0 Å². The number of carbonyl (C=O) groups excluding carboxylic acids is 4. The second-order valence-corrected chi connectivity index (χ2v) is 12.3. The van der Waals surface area contributed by atoms with E-state index < -0.39 is 73.8 Å². The first-order valence-corrected chi connectivity index (χ1v) is 16.9. The highest BCUT2D eigenvalue weighted by atomic mass is 19.1. The minimum atomic E-state index is -2.08. The van der Waals surface area contributed by atoms with Crippen LogP contribution in [-0.2, 0) is 29.4 Å². The zero-order chi connectivity index (χ0) is 41.0. The van der Waals surface area contributed by atoms with Gasteiger partial charge in [0.1, 0.15) is 17.2 Å². The van der Waals surface area contributed by atoms with Crippen LogP contribution in [-0.4, -0.2) is 73.2 Å². The number of nitrogens with one attached hydrogen (secondary N) is 2. The van der Waals surface area contributed by atoms with Gasteiger partial charge in [0.05, 0.1) is 59.0 Å². The lowest BCUT2D eigenvalue weighted by Gasteiger charge is -2.37. The molecule has 6 rings (SSSR count). The number of halogens is 2. The van der Waals surface area contributed by atoms with Crippen molar-refractivity contribution < 1.29 is 66.2 Å². The van der Waals surface area contributed by atoms with Gasteiger partial charge in [-0.15, -0.1) is 0 Å². The number of rotatable bonds is 15. The molecule has 0 aromatic heterocycles. The quantitative estimate of drug-likeness (QED) is 0.0525. The molecule has 2 aliphatic heterocycles. The number of nitro groups is 2. The molecule has 0 fully saturated rings. The van der Waals surface area contributed by atoms with Crippen LogP contribution < -0.4 is 24.8 Å². The molecule has 0 saturated heterocycles. The fourth-order valence-electron chi connectivity index (χ4n) is 6.17. The smallest absolute Gasteiger partial charge is 0.340 e. The van der Waals surface area contributed by atoms with Gasteiger partial charge in [0.2, 0.25) is 0 Å². The highest BCUT2D eigenvalue weighted by Gasteiger charge is 2.55. The number of ether oxygens (including phenoxy) is 6. The van der Waals surface area contributed by atoms with Crippen molar-refractivity contribution in [3.05, 3.63) is 120 Å². The summed E-state index contributed by atoms with van der Waals surface area (Å²) in [5.74, 6) is -6.57. The average molecular weight is 793 g/mol. The van der Waals surface area contributed by atoms with Gasteiger partial charge in [-0.25, -0.2) is 13.6 Å². The van der Waals surface area contributed by atoms with Crippen molar-refractivity contribution >= 4 is 40.9 Å². The molecule has 0 aliphatic carbocycles. The third-order valence-corrected chi connectivity index (χ3v) is 8.54. The van der Waals surface area contributed by atoms with Crippen LogP contribution in [0.2, 0.25) is 0 Å². The number of anilines is 1. The van der Waals surface area contributed by atoms with E-state index in [1.807, 2.05) is 0 Å². The fraction of sp³-hybridized carbons (Fsp3) is 0.243. The van der Waals surface area contributed by atoms with Crippen molar-refractivity contribution in [3.8, 4) is 23.0 Å². The largest absolute Gasteiger partial charge is 0.456 e. The average Bonchev–Trinajstić information content (AvgIpc) is 3.44. The first-order valence-electron chi connectivity index (χ1n) is 16.9. The van der Waals surface area contributed by atoms with E-state index in [2.05, 4.69) is 10.6 Å². The van der Waals surface area contributed by atoms with E-state index >= 15 is 8.78 Å². The summed E-state index contributed by atoms with van der Waals surface area (Å²) < 4.78 is 63.6. The molecule has 1 spiro atoms. The zero-order valence-electron chi connectivity index (χ0n) is 29.9. The third-order valence-electron chi connectivity index (χ3n) is 8.54. The number of benzene rings is 4. The maximum Gasteiger partial charge on any atom is 0.340 e. The first-order chi connectivity index (χ1) is 27.2. The van der Waals surface area contributed by atoms with E-state index in [-0.39, 0.29) is 84.5 Å². The number of nitro benzene ring substituents is 2. The number of hydrogen-bond donors (Lipinski definition) is 2. The molecule has 2 heterocycles. The molecule has 296 valence electrons. The van der Waals surface area contributed by atoms with Gasteiger partial charge < -0.3 is 39.1 Å². The SMILES string of the molecule is CC(=O)Oc1cc2c(cc1F)C1(OC(=O)c3ccc(C(=O)NCCOCCOCCNc4ccc([N+](=O)[O-])cc4[N+](=O)[O-])cc31)c1cc(F)c(OC(C)=O)cc1O2. The Morgan fingerprint density at radius 2 is 1.35 bits per heavy atom. The Morgan fingerprint density at radius 1 is 0.754 bits per heavy atom. The van der Waals surface area contributed by atoms with E-state index in [1.165, 1.54) is 24.3 Å². The standard InChI is InChI=1S/C37H30F2N4O14/c1-19(44)54-33-17-31-25(15-27(33)38)37(26-16-28(39)34(55-20(2)45)18-32(26)56-31)24-13-21(3-5-23(24)36(47)57-37)35(46)41-8-10-53-12-11-52-9-7-40-29-6-4-22(42(48)49)14-30(29)43(50)51/h3-6,13-18,40H,7-12H2,1-2H3,(H,41,46). The predicted molar refractivity (Wildman–Crippen MR) is 189 cm³/mol. The van der Waals surface area contributed by atoms with Crippen LogP contribution in [0, 0.1) is 31.9 Å². The van der Waals surface area contributed by atoms with Crippen molar-refractivity contribution in [2.75, 3.05) is 44.8 Å². The van der Waals surface area contributed by atoms with Crippen LogP contribution in [0.3, 0.4) is 0 Å². The second-order valence-electron chi connectivity index (χ2n) is 12.3. The molecule has 2 aliphatic rings. The number of hydrogen-bond acceptors (Lipinski definition) is 15. The molecule has 0 atom stereocenters. The number of amides is 1. The van der Waals surface area contributed by atoms with Crippen LogP contribution in [0.25, 0.3) is 0 Å². The predicted octanol–water partition coefficient (Wildman–Crippen LogP) is 5.07. The molecule has 20 heteroatoms. The Kier molecular flexibility index (Phi) is 11.4. The molecular formula is C37H30F2N4O14. The summed E-state index contributed by atoms with van der Waals surface area (Å²) in [6.07, 6.45) is 0. The highest BCUT2D eigenvalue weighted by molar-refractivity contribution is 6.00. The maximum atomic E-state index is 15.4. The van der Waals surface area contributed by atoms with Crippen molar-refractivity contribution in [2.24, 2.45) is 0 Å². The number of fused-ring (bicyclic) bond motifs is 6. The van der Waals surface area contributed by atoms with Gasteiger partial charge in [0, 0.05) is 56.3 Å². The number of carbonyl (C=O) groups is 4. The summed E-state index contributed by atoms with van der Waals surface area (Å²) in [6, 6.07) is 11.2. The van der Waals surface area contributed by atoms with Gasteiger partial charge in [-0.2, -0.15) is 0 Å². The number of esters is 3. The fourth-order valence-corrected chi connectivity index (χ4v) is 6.17. The van der Waals surface area contributed by atoms with Crippen LogP contribution >= 0.6 is 0 Å². The normalized spacial score (nSPS) is 13.0. The first kappa shape index (κ1) is 39.6. The topological polar surface area (TPSA) is 234 Å². The van der Waals surface area contributed by atoms with Gasteiger partial charge in [-0.3, -0.25) is 34.6 Å². The Labute approximate surface area is 319 Å². The molecule has 0 saturated carbocycles. The van der Waals surface area contributed by atoms with Gasteiger partial charge >= 0.3 is 17.9 Å². The molecule has 57 heavy (non-hydrogen) atoms. The summed E-state index contributed by atoms with van der Waals surface area (Å²) >= 11 is 0. The lowest BCUT2D eigenvalue weighted by molar-refractivity contribution is -0.393. The van der Waals surface area contributed by atoms with E-state index in [0.717, 1.165) is 50.2 Å². The van der Waals surface area contributed by atoms with Gasteiger partial charge in [-0.1, -0.05) is 0 Å². The lowest BCUT2D eigenvalue weighted by atomic mass is 9.77. The molecule has 18 nitrogen and oxygen atoms in total. The Balaban J connectivity index is 1.11. The summed E-state index contributed by atoms with van der Waals surface area (Å²) in [7, 11) is 0. The molecule has 0 radical (unpaired) electrons. The number of non-ortho nitro benzene ring substituents is 1. The Hall–Kier alpha value is -7.06. The van der Waals surface area contributed by atoms with Gasteiger partial charge in [-0.05, 0) is 36.4 Å². The minimum Gasteiger partial charge on any atom is -0.456 e. The number of nitrogens with zero attached hydrogens (tertiary/aromatic N) is 2. The summed E-state index contributed by atoms with van der Waals surface area (Å²) in [5, 5.41) is 27.7. The molecule has 1 amide bonds. The monoisotopic (exact) mass is 792 g/mol. The van der Waals surface area contributed by atoms with Crippen LogP contribution in [0.4, 0.5) is 25.8 Å². The molecule has 4 aromatic rings. The van der Waals surface area contributed by atoms with E-state index in [4.69, 9.17) is 28.4 Å². The molecule has 2 N–H and O–H groups in total. The van der Waals surface area contributed by atoms with Crippen molar-refractivity contribution in [2.45, 2.75) is 19.4 Å². The molecular weight excluding hydrogens is 762 g/mol. The Morgan fingerprint density at radius 3 is 1.91 bits per heavy atom.